The number of carbonyl (C=O) groups excluding carboxylic acids is 1. The second-order valence-electron chi connectivity index (χ2n) is 6.81. The van der Waals surface area contributed by atoms with Crippen LogP contribution in [-0.4, -0.2) is 30.4 Å². The molecule has 0 bridgehead atoms. The van der Waals surface area contributed by atoms with Gasteiger partial charge in [-0.3, -0.25) is 4.79 Å². The minimum Gasteiger partial charge on any atom is -0.481 e. The number of hydrogen-bond acceptors (Lipinski definition) is 6. The Bertz CT molecular complexity index is 1160. The Balaban J connectivity index is 1.64. The second kappa shape index (κ2) is 9.09. The Hall–Kier alpha value is -3.53. The summed E-state index contributed by atoms with van der Waals surface area (Å²) >= 11 is 0. The van der Waals surface area contributed by atoms with Gasteiger partial charge < -0.3 is 10.1 Å². The third kappa shape index (κ3) is 5.98. The molecule has 0 aliphatic rings. The summed E-state index contributed by atoms with van der Waals surface area (Å²) in [5.41, 5.74) is 1.67. The zero-order chi connectivity index (χ0) is 22.6. The summed E-state index contributed by atoms with van der Waals surface area (Å²) in [6, 6.07) is 12.7. The number of aryl methyl sites for hydroxylation is 2. The number of aromatic nitrogens is 2. The van der Waals surface area contributed by atoms with Crippen LogP contribution in [-0.2, 0) is 14.8 Å². The van der Waals surface area contributed by atoms with E-state index in [1.807, 2.05) is 0 Å². The SMILES string of the molecule is Cc1cc(C)nc(NS(=O)(=O)c2ccc(NC(=O)C(C)Oc3ccc(F)cc3)cc2)n1. The average Bonchev–Trinajstić information content (AvgIpc) is 2.69. The molecule has 8 nitrogen and oxygen atoms in total. The van der Waals surface area contributed by atoms with Gasteiger partial charge in [0.05, 0.1) is 4.90 Å². The van der Waals surface area contributed by atoms with E-state index in [9.17, 15) is 17.6 Å². The molecular weight excluding hydrogens is 423 g/mol. The molecule has 0 aliphatic carbocycles. The van der Waals surface area contributed by atoms with E-state index >= 15 is 0 Å². The van der Waals surface area contributed by atoms with E-state index in [2.05, 4.69) is 20.0 Å². The van der Waals surface area contributed by atoms with Crippen molar-refractivity contribution >= 4 is 27.6 Å². The summed E-state index contributed by atoms with van der Waals surface area (Å²) < 4.78 is 45.9. The van der Waals surface area contributed by atoms with Crippen molar-refractivity contribution in [1.82, 2.24) is 9.97 Å². The molecule has 1 atom stereocenters. The highest BCUT2D eigenvalue weighted by Crippen LogP contribution is 2.18. The standard InChI is InChI=1S/C21H21FN4O4S/c1-13-12-14(2)24-21(23-13)26-31(28,29)19-10-6-17(7-11-19)25-20(27)15(3)30-18-8-4-16(22)5-9-18/h4-12,15H,1-3H3,(H,25,27)(H,23,24,26). The molecule has 0 saturated heterocycles. The summed E-state index contributed by atoms with van der Waals surface area (Å²) in [5.74, 6) is -0.508. The monoisotopic (exact) mass is 444 g/mol. The smallest absolute Gasteiger partial charge is 0.265 e. The van der Waals surface area contributed by atoms with Gasteiger partial charge in [-0.05, 0) is 75.4 Å². The van der Waals surface area contributed by atoms with Crippen molar-refractivity contribution in [2.45, 2.75) is 31.8 Å². The third-order valence-electron chi connectivity index (χ3n) is 4.14. The number of benzene rings is 2. The number of carbonyl (C=O) groups is 1. The van der Waals surface area contributed by atoms with Crippen LogP contribution in [0.25, 0.3) is 0 Å². The molecule has 0 radical (unpaired) electrons. The van der Waals surface area contributed by atoms with Crippen molar-refractivity contribution in [3.63, 3.8) is 0 Å². The number of rotatable bonds is 7. The maximum Gasteiger partial charge on any atom is 0.265 e. The zero-order valence-electron chi connectivity index (χ0n) is 17.1. The predicted molar refractivity (Wildman–Crippen MR) is 114 cm³/mol. The molecule has 2 N–H and O–H groups in total. The lowest BCUT2D eigenvalue weighted by atomic mass is 10.3. The minimum atomic E-state index is -3.90. The van der Waals surface area contributed by atoms with Crippen molar-refractivity contribution < 1.29 is 22.3 Å². The van der Waals surface area contributed by atoms with Crippen LogP contribution in [0, 0.1) is 19.7 Å². The molecule has 0 aliphatic heterocycles. The lowest BCUT2D eigenvalue weighted by molar-refractivity contribution is -0.122. The van der Waals surface area contributed by atoms with E-state index in [0.717, 1.165) is 0 Å². The summed E-state index contributed by atoms with van der Waals surface area (Å²) in [4.78, 5) is 20.4. The minimum absolute atomic E-state index is 0.0103. The van der Waals surface area contributed by atoms with Gasteiger partial charge >= 0.3 is 0 Å². The number of ether oxygens (including phenoxy) is 1. The van der Waals surface area contributed by atoms with Gasteiger partial charge in [-0.15, -0.1) is 0 Å². The highest BCUT2D eigenvalue weighted by molar-refractivity contribution is 7.92. The molecule has 31 heavy (non-hydrogen) atoms. The fourth-order valence-corrected chi connectivity index (χ4v) is 3.63. The molecular formula is C21H21FN4O4S. The summed E-state index contributed by atoms with van der Waals surface area (Å²) in [6.45, 7) is 5.03. The van der Waals surface area contributed by atoms with Gasteiger partial charge in [0, 0.05) is 17.1 Å². The molecule has 3 aromatic rings. The summed E-state index contributed by atoms with van der Waals surface area (Å²) in [6.07, 6.45) is -0.850. The van der Waals surface area contributed by atoms with Crippen molar-refractivity contribution in [2.24, 2.45) is 0 Å². The lowest BCUT2D eigenvalue weighted by Gasteiger charge is -2.15. The van der Waals surface area contributed by atoms with Gasteiger partial charge in [-0.1, -0.05) is 0 Å². The molecule has 1 aromatic heterocycles. The Kier molecular flexibility index (Phi) is 6.50. The fourth-order valence-electron chi connectivity index (χ4n) is 2.68. The van der Waals surface area contributed by atoms with Gasteiger partial charge in [-0.25, -0.2) is 27.5 Å². The van der Waals surface area contributed by atoms with E-state index in [0.29, 0.717) is 22.8 Å². The van der Waals surface area contributed by atoms with E-state index < -0.39 is 27.9 Å². The maximum atomic E-state index is 13.0. The average molecular weight is 444 g/mol. The number of nitrogens with one attached hydrogen (secondary N) is 2. The Morgan fingerprint density at radius 1 is 1.00 bits per heavy atom. The van der Waals surface area contributed by atoms with Crippen LogP contribution < -0.4 is 14.8 Å². The molecule has 2 aromatic carbocycles. The highest BCUT2D eigenvalue weighted by Gasteiger charge is 2.18. The van der Waals surface area contributed by atoms with Gasteiger partial charge in [0.15, 0.2) is 6.10 Å². The Labute approximate surface area is 179 Å². The van der Waals surface area contributed by atoms with Gasteiger partial charge in [0.2, 0.25) is 5.95 Å². The molecule has 10 heteroatoms. The van der Waals surface area contributed by atoms with Crippen molar-refractivity contribution in [2.75, 3.05) is 10.0 Å². The van der Waals surface area contributed by atoms with Gasteiger partial charge in [-0.2, -0.15) is 0 Å². The van der Waals surface area contributed by atoms with E-state index in [-0.39, 0.29) is 10.8 Å². The van der Waals surface area contributed by atoms with Crippen molar-refractivity contribution in [3.8, 4) is 5.75 Å². The number of anilines is 2. The van der Waals surface area contributed by atoms with Crippen molar-refractivity contribution in [3.05, 3.63) is 71.8 Å². The number of amides is 1. The van der Waals surface area contributed by atoms with Crippen LogP contribution >= 0.6 is 0 Å². The quantitative estimate of drug-likeness (QED) is 0.578. The first-order chi connectivity index (χ1) is 14.6. The molecule has 1 heterocycles. The summed E-state index contributed by atoms with van der Waals surface area (Å²) in [5, 5.41) is 2.64. The highest BCUT2D eigenvalue weighted by atomic mass is 32.2. The van der Waals surface area contributed by atoms with Crippen LogP contribution in [0.15, 0.2) is 59.5 Å². The molecule has 1 unspecified atom stereocenters. The van der Waals surface area contributed by atoms with Crippen LogP contribution in [0.3, 0.4) is 0 Å². The number of hydrogen-bond donors (Lipinski definition) is 2. The first-order valence-corrected chi connectivity index (χ1v) is 10.8. The predicted octanol–water partition coefficient (Wildman–Crippen LogP) is 3.44. The fraction of sp³-hybridized carbons (Fsp3) is 0.190. The van der Waals surface area contributed by atoms with Gasteiger partial charge in [0.1, 0.15) is 11.6 Å². The molecule has 0 saturated carbocycles. The van der Waals surface area contributed by atoms with Crippen LogP contribution in [0.4, 0.5) is 16.0 Å². The zero-order valence-corrected chi connectivity index (χ0v) is 17.9. The Morgan fingerprint density at radius 2 is 1.58 bits per heavy atom. The van der Waals surface area contributed by atoms with E-state index in [1.54, 1.807) is 26.8 Å². The topological polar surface area (TPSA) is 110 Å². The molecule has 0 spiro atoms. The number of sulfonamides is 1. The Morgan fingerprint density at radius 3 is 2.16 bits per heavy atom. The largest absolute Gasteiger partial charge is 0.481 e. The van der Waals surface area contributed by atoms with E-state index in [1.165, 1.54) is 48.5 Å². The third-order valence-corrected chi connectivity index (χ3v) is 5.48. The first kappa shape index (κ1) is 22.2. The molecule has 3 rings (SSSR count). The van der Waals surface area contributed by atoms with E-state index in [4.69, 9.17) is 4.74 Å². The van der Waals surface area contributed by atoms with Crippen LogP contribution in [0.1, 0.15) is 18.3 Å². The van der Waals surface area contributed by atoms with Gasteiger partial charge in [0.25, 0.3) is 15.9 Å². The molecule has 162 valence electrons. The normalized spacial score (nSPS) is 12.1. The molecule has 0 fully saturated rings. The van der Waals surface area contributed by atoms with Crippen LogP contribution in [0.5, 0.6) is 5.75 Å². The maximum absolute atomic E-state index is 13.0. The number of halogens is 1. The van der Waals surface area contributed by atoms with Crippen molar-refractivity contribution in [1.29, 1.82) is 0 Å². The second-order valence-corrected chi connectivity index (χ2v) is 8.49. The lowest BCUT2D eigenvalue weighted by Crippen LogP contribution is -2.30. The first-order valence-electron chi connectivity index (χ1n) is 9.31. The number of nitrogens with zero attached hydrogens (tertiary/aromatic N) is 2. The summed E-state index contributed by atoms with van der Waals surface area (Å²) in [7, 11) is -3.90. The molecule has 1 amide bonds. The van der Waals surface area contributed by atoms with Crippen LogP contribution in [0.2, 0.25) is 0 Å².